The first-order valence-corrected chi connectivity index (χ1v) is 9.37. The summed E-state index contributed by atoms with van der Waals surface area (Å²) in [5.41, 5.74) is 2.01. The number of ether oxygens (including phenoxy) is 2. The minimum atomic E-state index is -0.216. The molecule has 6 heteroatoms. The lowest BCUT2D eigenvalue weighted by Gasteiger charge is -2.21. The van der Waals surface area contributed by atoms with Gasteiger partial charge in [0.25, 0.3) is 5.91 Å². The number of aromatic nitrogens is 1. The smallest absolute Gasteiger partial charge is 0.259 e. The van der Waals surface area contributed by atoms with Gasteiger partial charge in [-0.15, -0.1) is 0 Å². The van der Waals surface area contributed by atoms with Crippen LogP contribution in [-0.4, -0.2) is 38.2 Å². The highest BCUT2D eigenvalue weighted by molar-refractivity contribution is 6.10. The molecule has 1 amide bonds. The van der Waals surface area contributed by atoms with Crippen LogP contribution in [0.5, 0.6) is 11.5 Å². The van der Waals surface area contributed by atoms with E-state index in [-0.39, 0.29) is 5.91 Å². The highest BCUT2D eigenvalue weighted by atomic mass is 16.5. The molecule has 1 saturated heterocycles. The Balaban J connectivity index is 1.75. The number of para-hydroxylation sites is 1. The van der Waals surface area contributed by atoms with Crippen molar-refractivity contribution in [3.05, 3.63) is 54.1 Å². The third-order valence-corrected chi connectivity index (χ3v) is 5.01. The zero-order valence-electron chi connectivity index (χ0n) is 16.1. The monoisotopic (exact) mass is 377 g/mol. The highest BCUT2D eigenvalue weighted by Crippen LogP contribution is 2.31. The summed E-state index contributed by atoms with van der Waals surface area (Å²) in [6.45, 7) is 1.82. The van der Waals surface area contributed by atoms with Gasteiger partial charge in [0.15, 0.2) is 0 Å². The Kier molecular flexibility index (Phi) is 5.02. The molecule has 28 heavy (non-hydrogen) atoms. The Morgan fingerprint density at radius 1 is 1.04 bits per heavy atom. The summed E-state index contributed by atoms with van der Waals surface area (Å²) in [7, 11) is 3.16. The number of amides is 1. The van der Waals surface area contributed by atoms with Crippen molar-refractivity contribution in [2.45, 2.75) is 12.8 Å². The van der Waals surface area contributed by atoms with Gasteiger partial charge in [-0.05, 0) is 37.1 Å². The Morgan fingerprint density at radius 2 is 1.82 bits per heavy atom. The van der Waals surface area contributed by atoms with Crippen LogP contribution in [0.15, 0.2) is 48.5 Å². The average Bonchev–Trinajstić information content (AvgIpc) is 3.27. The van der Waals surface area contributed by atoms with Crippen molar-refractivity contribution < 1.29 is 14.3 Å². The molecule has 1 aromatic heterocycles. The maximum atomic E-state index is 13.2. The fourth-order valence-electron chi connectivity index (χ4n) is 3.54. The first kappa shape index (κ1) is 18.1. The number of rotatable bonds is 5. The summed E-state index contributed by atoms with van der Waals surface area (Å²) in [5, 5.41) is 3.91. The molecule has 0 radical (unpaired) electrons. The summed E-state index contributed by atoms with van der Waals surface area (Å²) in [5.74, 6) is 1.74. The molecule has 144 valence electrons. The molecule has 1 N–H and O–H groups in total. The summed E-state index contributed by atoms with van der Waals surface area (Å²) in [4.78, 5) is 20.2. The van der Waals surface area contributed by atoms with E-state index >= 15 is 0 Å². The number of carbonyl (C=O) groups excluding carboxylic acids is 1. The molecule has 0 saturated carbocycles. The largest absolute Gasteiger partial charge is 0.497 e. The van der Waals surface area contributed by atoms with E-state index < -0.39 is 0 Å². The summed E-state index contributed by atoms with van der Waals surface area (Å²) >= 11 is 0. The van der Waals surface area contributed by atoms with Gasteiger partial charge in [-0.3, -0.25) is 4.79 Å². The van der Waals surface area contributed by atoms with Crippen molar-refractivity contribution in [2.75, 3.05) is 37.5 Å². The molecule has 0 spiro atoms. The van der Waals surface area contributed by atoms with E-state index in [9.17, 15) is 4.79 Å². The zero-order valence-corrected chi connectivity index (χ0v) is 16.1. The number of hydrogen-bond acceptors (Lipinski definition) is 5. The second-order valence-corrected chi connectivity index (χ2v) is 6.77. The predicted octanol–water partition coefficient (Wildman–Crippen LogP) is 4.10. The number of hydrogen-bond donors (Lipinski definition) is 1. The van der Waals surface area contributed by atoms with Gasteiger partial charge in [-0.25, -0.2) is 4.98 Å². The minimum absolute atomic E-state index is 0.216. The van der Waals surface area contributed by atoms with Crippen LogP contribution in [0, 0.1) is 0 Å². The second-order valence-electron chi connectivity index (χ2n) is 6.77. The van der Waals surface area contributed by atoms with Gasteiger partial charge in [0, 0.05) is 24.5 Å². The van der Waals surface area contributed by atoms with Crippen molar-refractivity contribution in [1.29, 1.82) is 0 Å². The zero-order chi connectivity index (χ0) is 19.5. The Hall–Kier alpha value is -3.28. The molecule has 2 heterocycles. The van der Waals surface area contributed by atoms with Crippen molar-refractivity contribution in [2.24, 2.45) is 0 Å². The fraction of sp³-hybridized carbons (Fsp3) is 0.273. The summed E-state index contributed by atoms with van der Waals surface area (Å²) < 4.78 is 10.7. The number of nitrogens with one attached hydrogen (secondary N) is 1. The molecule has 1 aliphatic rings. The van der Waals surface area contributed by atoms with Gasteiger partial charge in [-0.1, -0.05) is 18.2 Å². The third kappa shape index (κ3) is 3.45. The third-order valence-electron chi connectivity index (χ3n) is 5.01. The fourth-order valence-corrected chi connectivity index (χ4v) is 3.54. The van der Waals surface area contributed by atoms with E-state index in [2.05, 4.69) is 10.2 Å². The molecule has 0 unspecified atom stereocenters. The number of nitrogens with zero attached hydrogens (tertiary/aromatic N) is 2. The molecule has 3 aromatic rings. The molecular formula is C22H23N3O3. The van der Waals surface area contributed by atoms with Gasteiger partial charge in [0.05, 0.1) is 31.0 Å². The summed E-state index contributed by atoms with van der Waals surface area (Å²) in [6, 6.07) is 15.1. The average molecular weight is 377 g/mol. The molecular weight excluding hydrogens is 354 g/mol. The van der Waals surface area contributed by atoms with Gasteiger partial charge in [-0.2, -0.15) is 0 Å². The SMILES string of the molecule is COc1ccc(OC)c(NC(=O)c2cc3ccccc3nc2N2CCCC2)c1. The van der Waals surface area contributed by atoms with Crippen LogP contribution in [0.25, 0.3) is 10.9 Å². The molecule has 6 nitrogen and oxygen atoms in total. The molecule has 0 atom stereocenters. The van der Waals surface area contributed by atoms with E-state index in [1.807, 2.05) is 30.3 Å². The lowest BCUT2D eigenvalue weighted by atomic mass is 10.1. The molecule has 2 aromatic carbocycles. The lowest BCUT2D eigenvalue weighted by Crippen LogP contribution is -2.24. The molecule has 1 fully saturated rings. The van der Waals surface area contributed by atoms with Gasteiger partial charge in [0.1, 0.15) is 17.3 Å². The van der Waals surface area contributed by atoms with Crippen LogP contribution in [0.2, 0.25) is 0 Å². The normalized spacial score (nSPS) is 13.6. The standard InChI is InChI=1S/C22H23N3O3/c1-27-16-9-10-20(28-2)19(14-16)24-22(26)17-13-15-7-3-4-8-18(15)23-21(17)25-11-5-6-12-25/h3-4,7-10,13-14H,5-6,11-12H2,1-2H3,(H,24,26). The number of anilines is 2. The van der Waals surface area contributed by atoms with Gasteiger partial charge >= 0.3 is 0 Å². The Labute approximate surface area is 164 Å². The Bertz CT molecular complexity index is 1010. The van der Waals surface area contributed by atoms with Crippen LogP contribution in [0.3, 0.4) is 0 Å². The maximum Gasteiger partial charge on any atom is 0.259 e. The topological polar surface area (TPSA) is 63.7 Å². The van der Waals surface area contributed by atoms with Crippen molar-refractivity contribution >= 4 is 28.3 Å². The molecule has 0 aliphatic carbocycles. The lowest BCUT2D eigenvalue weighted by molar-refractivity contribution is 0.102. The Morgan fingerprint density at radius 3 is 2.57 bits per heavy atom. The van der Waals surface area contributed by atoms with Crippen LogP contribution in [0.4, 0.5) is 11.5 Å². The van der Waals surface area contributed by atoms with Crippen molar-refractivity contribution in [3.63, 3.8) is 0 Å². The predicted molar refractivity (Wildman–Crippen MR) is 111 cm³/mol. The number of methoxy groups -OCH3 is 2. The van der Waals surface area contributed by atoms with Crippen LogP contribution >= 0.6 is 0 Å². The van der Waals surface area contributed by atoms with E-state index in [4.69, 9.17) is 14.5 Å². The maximum absolute atomic E-state index is 13.2. The van der Waals surface area contributed by atoms with Crippen LogP contribution in [-0.2, 0) is 0 Å². The number of fused-ring (bicyclic) bond motifs is 1. The van der Waals surface area contributed by atoms with Crippen molar-refractivity contribution in [3.8, 4) is 11.5 Å². The molecule has 0 bridgehead atoms. The number of carbonyl (C=O) groups is 1. The van der Waals surface area contributed by atoms with Crippen LogP contribution in [0.1, 0.15) is 23.2 Å². The first-order valence-electron chi connectivity index (χ1n) is 9.37. The van der Waals surface area contributed by atoms with Crippen LogP contribution < -0.4 is 19.7 Å². The number of benzene rings is 2. The van der Waals surface area contributed by atoms with E-state index in [1.165, 1.54) is 0 Å². The van der Waals surface area contributed by atoms with Crippen molar-refractivity contribution in [1.82, 2.24) is 4.98 Å². The second kappa shape index (κ2) is 7.76. The molecule has 4 rings (SSSR count). The van der Waals surface area contributed by atoms with E-state index in [1.54, 1.807) is 32.4 Å². The minimum Gasteiger partial charge on any atom is -0.497 e. The van der Waals surface area contributed by atoms with Gasteiger partial charge in [0.2, 0.25) is 0 Å². The molecule has 1 aliphatic heterocycles. The quantitative estimate of drug-likeness (QED) is 0.725. The number of pyridine rings is 1. The van der Waals surface area contributed by atoms with Gasteiger partial charge < -0.3 is 19.7 Å². The highest BCUT2D eigenvalue weighted by Gasteiger charge is 2.23. The summed E-state index contributed by atoms with van der Waals surface area (Å²) in [6.07, 6.45) is 2.22. The first-order chi connectivity index (χ1) is 13.7. The van der Waals surface area contributed by atoms with E-state index in [0.29, 0.717) is 22.7 Å². The van der Waals surface area contributed by atoms with E-state index in [0.717, 1.165) is 42.7 Å².